The highest BCUT2D eigenvalue weighted by Gasteiger charge is 2.55. The van der Waals surface area contributed by atoms with E-state index < -0.39 is 5.54 Å². The third-order valence-electron chi connectivity index (χ3n) is 7.41. The van der Waals surface area contributed by atoms with Crippen LogP contribution in [0.5, 0.6) is 0 Å². The maximum absolute atomic E-state index is 13.7. The van der Waals surface area contributed by atoms with Crippen LogP contribution in [-0.4, -0.2) is 52.8 Å². The molecule has 2 aromatic carbocycles. The summed E-state index contributed by atoms with van der Waals surface area (Å²) in [7, 11) is 0. The molecule has 1 N–H and O–H groups in total. The van der Waals surface area contributed by atoms with E-state index in [-0.39, 0.29) is 30.3 Å². The second-order valence-electron chi connectivity index (χ2n) is 9.46. The lowest BCUT2D eigenvalue weighted by atomic mass is 9.74. The van der Waals surface area contributed by atoms with Crippen LogP contribution in [0.2, 0.25) is 0 Å². The molecule has 6 heteroatoms. The van der Waals surface area contributed by atoms with Gasteiger partial charge in [-0.3, -0.25) is 14.5 Å². The number of carbonyl (C=O) groups is 3. The molecule has 0 saturated carbocycles. The van der Waals surface area contributed by atoms with Crippen LogP contribution >= 0.6 is 0 Å². The van der Waals surface area contributed by atoms with Gasteiger partial charge in [0.15, 0.2) is 0 Å². The molecular weight excluding hydrogens is 438 g/mol. The first-order valence-corrected chi connectivity index (χ1v) is 12.3. The number of urea groups is 1. The maximum atomic E-state index is 13.7. The molecular formula is C29H33N3O3. The van der Waals surface area contributed by atoms with Crippen molar-refractivity contribution in [2.45, 2.75) is 51.5 Å². The Hall–Kier alpha value is -3.59. The molecule has 4 amide bonds. The molecule has 0 spiro atoms. The van der Waals surface area contributed by atoms with E-state index in [0.717, 1.165) is 16.7 Å². The van der Waals surface area contributed by atoms with Gasteiger partial charge in [0.05, 0.1) is 13.0 Å². The second-order valence-corrected chi connectivity index (χ2v) is 9.46. The molecule has 2 fully saturated rings. The van der Waals surface area contributed by atoms with E-state index >= 15 is 0 Å². The minimum Gasteiger partial charge on any atom is -0.342 e. The van der Waals surface area contributed by atoms with Crippen molar-refractivity contribution in [2.75, 3.05) is 19.6 Å². The lowest BCUT2D eigenvalue weighted by Crippen LogP contribution is -2.57. The summed E-state index contributed by atoms with van der Waals surface area (Å²) in [5, 5.41) is 3.07. The van der Waals surface area contributed by atoms with E-state index in [9.17, 15) is 14.4 Å². The van der Waals surface area contributed by atoms with Gasteiger partial charge in [0.2, 0.25) is 5.91 Å². The number of amides is 4. The molecule has 2 aromatic rings. The monoisotopic (exact) mass is 471 g/mol. The van der Waals surface area contributed by atoms with E-state index in [0.29, 0.717) is 45.2 Å². The van der Waals surface area contributed by atoms with Crippen molar-refractivity contribution < 1.29 is 14.4 Å². The van der Waals surface area contributed by atoms with Gasteiger partial charge in [-0.1, -0.05) is 60.5 Å². The molecule has 2 aliphatic heterocycles. The number of hydrogen-bond acceptors (Lipinski definition) is 3. The van der Waals surface area contributed by atoms with Crippen LogP contribution in [0.1, 0.15) is 42.9 Å². The highest BCUT2D eigenvalue weighted by molar-refractivity contribution is 6.07. The second kappa shape index (κ2) is 10.8. The number of piperidine rings is 1. The number of carbonyl (C=O) groups excluding carboxylic acids is 3. The quantitative estimate of drug-likeness (QED) is 0.494. The van der Waals surface area contributed by atoms with Crippen molar-refractivity contribution >= 4 is 17.8 Å². The number of rotatable bonds is 7. The maximum Gasteiger partial charge on any atom is 0.325 e. The summed E-state index contributed by atoms with van der Waals surface area (Å²) in [5.74, 6) is 5.51. The fourth-order valence-corrected chi connectivity index (χ4v) is 5.29. The van der Waals surface area contributed by atoms with E-state index in [1.54, 1.807) is 6.92 Å². The lowest BCUT2D eigenvalue weighted by Gasteiger charge is -2.41. The third-order valence-corrected chi connectivity index (χ3v) is 7.41. The molecule has 1 unspecified atom stereocenters. The number of imide groups is 1. The molecule has 6 nitrogen and oxygen atoms in total. The van der Waals surface area contributed by atoms with Gasteiger partial charge in [-0.15, -0.1) is 5.92 Å². The molecule has 2 heterocycles. The smallest absolute Gasteiger partial charge is 0.325 e. The number of aryl methyl sites for hydroxylation is 2. The van der Waals surface area contributed by atoms with Crippen LogP contribution in [0.4, 0.5) is 4.79 Å². The van der Waals surface area contributed by atoms with E-state index in [4.69, 9.17) is 0 Å². The third kappa shape index (κ3) is 5.24. The normalized spacial score (nSPS) is 20.4. The molecule has 4 rings (SSSR count). The summed E-state index contributed by atoms with van der Waals surface area (Å²) in [4.78, 5) is 42.6. The largest absolute Gasteiger partial charge is 0.342 e. The summed E-state index contributed by atoms with van der Waals surface area (Å²) in [5.41, 5.74) is 2.33. The van der Waals surface area contributed by atoms with Crippen molar-refractivity contribution in [3.63, 3.8) is 0 Å². The number of hydrogen-bond donors (Lipinski definition) is 1. The Labute approximate surface area is 207 Å². The fourth-order valence-electron chi connectivity index (χ4n) is 5.29. The van der Waals surface area contributed by atoms with Crippen LogP contribution in [0.3, 0.4) is 0 Å². The predicted octanol–water partition coefficient (Wildman–Crippen LogP) is 3.72. The standard InChI is InChI=1S/C29H33N3O3/c1-3-4-18-32-27(34)29(30-28(32)35,17-14-23-11-6-5-7-12-23)25-15-19-31(20-16-25)26(33)21-24-13-9-8-10-22(24)2/h5-13,25H,14-21H2,1-2H3,(H,30,35). The summed E-state index contributed by atoms with van der Waals surface area (Å²) in [6.45, 7) is 4.99. The molecule has 2 aliphatic rings. The van der Waals surface area contributed by atoms with E-state index in [2.05, 4.69) is 17.2 Å². The van der Waals surface area contributed by atoms with Crippen LogP contribution < -0.4 is 5.32 Å². The molecule has 0 radical (unpaired) electrons. The van der Waals surface area contributed by atoms with Gasteiger partial charge < -0.3 is 10.2 Å². The Balaban J connectivity index is 1.48. The molecule has 1 atom stereocenters. The van der Waals surface area contributed by atoms with Gasteiger partial charge >= 0.3 is 6.03 Å². The van der Waals surface area contributed by atoms with Gasteiger partial charge in [-0.2, -0.15) is 0 Å². The minimum absolute atomic E-state index is 0.0373. The summed E-state index contributed by atoms with van der Waals surface area (Å²) in [6, 6.07) is 17.6. The van der Waals surface area contributed by atoms with Gasteiger partial charge in [0, 0.05) is 13.1 Å². The molecule has 182 valence electrons. The molecule has 0 aliphatic carbocycles. The average molecular weight is 472 g/mol. The highest BCUT2D eigenvalue weighted by Crippen LogP contribution is 2.37. The average Bonchev–Trinajstić information content (AvgIpc) is 3.13. The lowest BCUT2D eigenvalue weighted by molar-refractivity contribution is -0.135. The molecule has 0 aromatic heterocycles. The van der Waals surface area contributed by atoms with Gasteiger partial charge in [-0.25, -0.2) is 4.79 Å². The van der Waals surface area contributed by atoms with Gasteiger partial charge in [0.25, 0.3) is 5.91 Å². The Bertz CT molecular complexity index is 1140. The van der Waals surface area contributed by atoms with E-state index in [1.807, 2.05) is 66.4 Å². The zero-order valence-electron chi connectivity index (χ0n) is 20.5. The van der Waals surface area contributed by atoms with Gasteiger partial charge in [-0.05, 0) is 62.1 Å². The van der Waals surface area contributed by atoms with Crippen molar-refractivity contribution in [2.24, 2.45) is 5.92 Å². The van der Waals surface area contributed by atoms with Crippen LogP contribution in [-0.2, 0) is 22.4 Å². The number of nitrogens with zero attached hydrogens (tertiary/aromatic N) is 2. The zero-order valence-corrected chi connectivity index (χ0v) is 20.5. The fraction of sp³-hybridized carbons (Fsp3) is 0.414. The van der Waals surface area contributed by atoms with E-state index in [1.165, 1.54) is 4.90 Å². The Morgan fingerprint density at radius 2 is 1.74 bits per heavy atom. The predicted molar refractivity (Wildman–Crippen MR) is 135 cm³/mol. The van der Waals surface area contributed by atoms with Crippen LogP contribution in [0.15, 0.2) is 54.6 Å². The molecule has 35 heavy (non-hydrogen) atoms. The number of likely N-dealkylation sites (tertiary alicyclic amines) is 1. The highest BCUT2D eigenvalue weighted by atomic mass is 16.2. The van der Waals surface area contributed by atoms with Crippen molar-refractivity contribution in [3.05, 3.63) is 71.3 Å². The first-order valence-electron chi connectivity index (χ1n) is 12.3. The number of nitrogens with one attached hydrogen (secondary N) is 1. The summed E-state index contributed by atoms with van der Waals surface area (Å²) in [6.07, 6.45) is 2.95. The van der Waals surface area contributed by atoms with Crippen molar-refractivity contribution in [3.8, 4) is 11.8 Å². The molecule has 0 bridgehead atoms. The van der Waals surface area contributed by atoms with Crippen LogP contribution in [0, 0.1) is 24.7 Å². The topological polar surface area (TPSA) is 69.7 Å². The number of benzene rings is 2. The molecule has 2 saturated heterocycles. The zero-order chi connectivity index (χ0) is 24.8. The SMILES string of the molecule is CC#CCN1C(=O)NC(CCc2ccccc2)(C2CCN(C(=O)Cc3ccccc3C)CC2)C1=O. The summed E-state index contributed by atoms with van der Waals surface area (Å²) < 4.78 is 0. The first-order chi connectivity index (χ1) is 16.9. The minimum atomic E-state index is -0.965. The van der Waals surface area contributed by atoms with Gasteiger partial charge in [0.1, 0.15) is 5.54 Å². The summed E-state index contributed by atoms with van der Waals surface area (Å²) >= 11 is 0. The Kier molecular flexibility index (Phi) is 7.55. The van der Waals surface area contributed by atoms with Crippen molar-refractivity contribution in [1.29, 1.82) is 0 Å². The Morgan fingerprint density at radius 1 is 1.06 bits per heavy atom. The Morgan fingerprint density at radius 3 is 2.43 bits per heavy atom. The van der Waals surface area contributed by atoms with Crippen molar-refractivity contribution in [1.82, 2.24) is 15.1 Å². The van der Waals surface area contributed by atoms with Crippen LogP contribution in [0.25, 0.3) is 0 Å². The first kappa shape index (κ1) is 24.5.